The summed E-state index contributed by atoms with van der Waals surface area (Å²) in [5.41, 5.74) is 1.04. The topological polar surface area (TPSA) is 83.3 Å². The lowest BCUT2D eigenvalue weighted by Crippen LogP contribution is -3.07. The summed E-state index contributed by atoms with van der Waals surface area (Å²) >= 11 is 0. The van der Waals surface area contributed by atoms with Gasteiger partial charge in [-0.2, -0.15) is 0 Å². The van der Waals surface area contributed by atoms with E-state index in [9.17, 15) is 0 Å². The van der Waals surface area contributed by atoms with E-state index in [-0.39, 0.29) is 0 Å². The molecule has 0 saturated heterocycles. The molecule has 2 aliphatic rings. The van der Waals surface area contributed by atoms with E-state index in [4.69, 9.17) is 15.2 Å². The van der Waals surface area contributed by atoms with Crippen molar-refractivity contribution in [1.82, 2.24) is 0 Å². The zero-order valence-electron chi connectivity index (χ0n) is 10.2. The monoisotopic (exact) mass is 264 g/mol. The van der Waals surface area contributed by atoms with Crippen molar-refractivity contribution < 1.29 is 25.0 Å². The van der Waals surface area contributed by atoms with Crippen LogP contribution in [0.3, 0.4) is 0 Å². The van der Waals surface area contributed by atoms with Gasteiger partial charge in [0.25, 0.3) is 0 Å². The van der Waals surface area contributed by atoms with Gasteiger partial charge in [-0.15, -0.1) is 0 Å². The van der Waals surface area contributed by atoms with Crippen molar-refractivity contribution in [2.45, 2.75) is 0 Å². The lowest BCUT2D eigenvalue weighted by atomic mass is 10.3. The minimum Gasteiger partial charge on any atom is -0.410 e. The van der Waals surface area contributed by atoms with Crippen LogP contribution in [-0.4, -0.2) is 35.3 Å². The normalized spacial score (nSPS) is 24.8. The summed E-state index contributed by atoms with van der Waals surface area (Å²) in [5.74, 6) is 0. The Morgan fingerprint density at radius 3 is 1.47 bits per heavy atom. The Hall–Kier alpha value is -2.22. The van der Waals surface area contributed by atoms with E-state index in [1.165, 1.54) is 0 Å². The van der Waals surface area contributed by atoms with Crippen LogP contribution in [0.1, 0.15) is 0 Å². The highest BCUT2D eigenvalue weighted by Gasteiger charge is 2.10. The minimum atomic E-state index is 0.484. The van der Waals surface area contributed by atoms with Crippen molar-refractivity contribution >= 4 is 11.4 Å². The lowest BCUT2D eigenvalue weighted by molar-refractivity contribution is -0.857. The first kappa shape index (κ1) is 13.2. The summed E-state index contributed by atoms with van der Waals surface area (Å²) in [4.78, 5) is 2.02. The molecule has 0 fully saturated rings. The zero-order chi connectivity index (χ0) is 13.5. The first-order chi connectivity index (χ1) is 9.31. The van der Waals surface area contributed by atoms with E-state index in [0.29, 0.717) is 24.9 Å². The molecule has 2 aliphatic heterocycles. The Morgan fingerprint density at radius 2 is 1.16 bits per heavy atom. The molecule has 2 heterocycles. The standard InChI is InChI=1S/C12H14N4O3/c17-13-11-1-5-15(6-2-11)9-19-10-16-7-3-12(14-18)4-8-16/h1-8,17-18H,9-10H2/p+2. The molecular weight excluding hydrogens is 248 g/mol. The number of ether oxygens (including phenoxy) is 1. The predicted octanol–water partition coefficient (Wildman–Crippen LogP) is -1.57. The predicted molar refractivity (Wildman–Crippen MR) is 67.7 cm³/mol. The molecule has 0 spiro atoms. The van der Waals surface area contributed by atoms with Gasteiger partial charge >= 0.3 is 0 Å². The van der Waals surface area contributed by atoms with Crippen LogP contribution in [0.5, 0.6) is 0 Å². The summed E-state index contributed by atoms with van der Waals surface area (Å²) < 4.78 is 5.57. The number of allylic oxidation sites excluding steroid dienone is 4. The van der Waals surface area contributed by atoms with E-state index in [1.54, 1.807) is 24.3 Å². The van der Waals surface area contributed by atoms with Gasteiger partial charge < -0.3 is 10.4 Å². The Kier molecular flexibility index (Phi) is 4.62. The fraction of sp³-hybridized carbons (Fsp3) is 0.167. The maximum atomic E-state index is 8.56. The van der Waals surface area contributed by atoms with Gasteiger partial charge in [-0.25, -0.2) is 0 Å². The summed E-state index contributed by atoms with van der Waals surface area (Å²) in [7, 11) is 0. The third-order valence-corrected chi connectivity index (χ3v) is 2.64. The number of nitrogens with zero attached hydrogens (tertiary/aromatic N) is 2. The number of hydrogen-bond donors (Lipinski definition) is 4. The van der Waals surface area contributed by atoms with Crippen molar-refractivity contribution in [3.05, 3.63) is 49.1 Å². The minimum absolute atomic E-state index is 0.484. The zero-order valence-corrected chi connectivity index (χ0v) is 10.2. The maximum absolute atomic E-state index is 8.56. The van der Waals surface area contributed by atoms with Crippen molar-refractivity contribution in [2.75, 3.05) is 13.5 Å². The van der Waals surface area contributed by atoms with Gasteiger partial charge in [0.1, 0.15) is 36.2 Å². The van der Waals surface area contributed by atoms with Crippen LogP contribution in [0.15, 0.2) is 59.4 Å². The fourth-order valence-electron chi connectivity index (χ4n) is 1.60. The second-order valence-electron chi connectivity index (χ2n) is 4.03. The van der Waals surface area contributed by atoms with E-state index in [0.717, 1.165) is 9.80 Å². The molecule has 0 bridgehead atoms. The smallest absolute Gasteiger partial charge is 0.195 e. The fourth-order valence-corrected chi connectivity index (χ4v) is 1.60. The molecule has 0 radical (unpaired) electrons. The molecule has 4 N–H and O–H groups in total. The Balaban J connectivity index is 1.71. The number of quaternary nitrogens is 2. The number of oxime groups is 2. The molecule has 0 aliphatic carbocycles. The molecule has 19 heavy (non-hydrogen) atoms. The van der Waals surface area contributed by atoms with Crippen LogP contribution in [-0.2, 0) is 4.74 Å². The molecule has 7 heteroatoms. The molecule has 0 atom stereocenters. The van der Waals surface area contributed by atoms with E-state index >= 15 is 0 Å². The molecule has 0 amide bonds. The molecule has 0 aromatic carbocycles. The van der Waals surface area contributed by atoms with Crippen LogP contribution in [0, 0.1) is 0 Å². The summed E-state index contributed by atoms with van der Waals surface area (Å²) in [6.45, 7) is 0.968. The van der Waals surface area contributed by atoms with Crippen molar-refractivity contribution in [1.29, 1.82) is 0 Å². The largest absolute Gasteiger partial charge is 0.410 e. The molecule has 100 valence electrons. The first-order valence-corrected chi connectivity index (χ1v) is 5.77. The molecule has 0 aromatic heterocycles. The van der Waals surface area contributed by atoms with Gasteiger partial charge in [-0.3, -0.25) is 14.5 Å². The van der Waals surface area contributed by atoms with Crippen LogP contribution < -0.4 is 9.80 Å². The van der Waals surface area contributed by atoms with E-state index in [2.05, 4.69) is 10.3 Å². The quantitative estimate of drug-likeness (QED) is 0.366. The van der Waals surface area contributed by atoms with Gasteiger partial charge in [0.15, 0.2) is 13.5 Å². The molecule has 2 rings (SSSR count). The number of rotatable bonds is 4. The van der Waals surface area contributed by atoms with Gasteiger partial charge in [-0.1, -0.05) is 10.3 Å². The van der Waals surface area contributed by atoms with Gasteiger partial charge in [0.05, 0.1) is 0 Å². The molecule has 7 nitrogen and oxygen atoms in total. The third kappa shape index (κ3) is 3.88. The highest BCUT2D eigenvalue weighted by molar-refractivity contribution is 6.03. The van der Waals surface area contributed by atoms with Crippen molar-refractivity contribution in [3.8, 4) is 0 Å². The van der Waals surface area contributed by atoms with Crippen molar-refractivity contribution in [2.24, 2.45) is 10.3 Å². The van der Waals surface area contributed by atoms with Crippen molar-refractivity contribution in [3.63, 3.8) is 0 Å². The second kappa shape index (κ2) is 6.64. The van der Waals surface area contributed by atoms with Crippen LogP contribution >= 0.6 is 0 Å². The number of nitrogens with one attached hydrogen (secondary N) is 2. The summed E-state index contributed by atoms with van der Waals surface area (Å²) in [6.07, 6.45) is 14.3. The van der Waals surface area contributed by atoms with Gasteiger partial charge in [0.2, 0.25) is 0 Å². The SMILES string of the molecule is ON=C1C=C[NH+](COC[NH+]2C=CC(=NO)C=C2)C=C1. The van der Waals surface area contributed by atoms with E-state index < -0.39 is 0 Å². The number of hydrogen-bond acceptors (Lipinski definition) is 5. The molecule has 0 unspecified atom stereocenters. The molecule has 0 saturated carbocycles. The second-order valence-corrected chi connectivity index (χ2v) is 4.03. The van der Waals surface area contributed by atoms with Gasteiger partial charge in [-0.05, 0) is 0 Å². The molecular formula is C12H16N4O3+2. The average molecular weight is 264 g/mol. The maximum Gasteiger partial charge on any atom is 0.195 e. The van der Waals surface area contributed by atoms with Crippen LogP contribution in [0.4, 0.5) is 0 Å². The van der Waals surface area contributed by atoms with Crippen LogP contribution in [0.25, 0.3) is 0 Å². The van der Waals surface area contributed by atoms with Crippen LogP contribution in [0.2, 0.25) is 0 Å². The Morgan fingerprint density at radius 1 is 0.789 bits per heavy atom. The average Bonchev–Trinajstić information content (AvgIpc) is 2.49. The lowest BCUT2D eigenvalue weighted by Gasteiger charge is -2.15. The van der Waals surface area contributed by atoms with Gasteiger partial charge in [0, 0.05) is 24.3 Å². The Labute approximate surface area is 110 Å². The molecule has 0 aromatic rings. The highest BCUT2D eigenvalue weighted by atomic mass is 16.5. The summed E-state index contributed by atoms with van der Waals surface area (Å²) in [6, 6.07) is 0. The third-order valence-electron chi connectivity index (χ3n) is 2.64. The Bertz CT molecular complexity index is 415. The van der Waals surface area contributed by atoms with E-state index in [1.807, 2.05) is 24.8 Å². The summed E-state index contributed by atoms with van der Waals surface area (Å²) in [5, 5.41) is 23.3. The highest BCUT2D eigenvalue weighted by Crippen LogP contribution is 1.86. The first-order valence-electron chi connectivity index (χ1n) is 5.77.